The number of aromatic nitrogens is 2. The Labute approximate surface area is 325 Å². The van der Waals surface area contributed by atoms with E-state index in [4.69, 9.17) is 4.74 Å². The minimum Gasteiger partial charge on any atom is -0.406 e. The van der Waals surface area contributed by atoms with E-state index in [9.17, 15) is 35.9 Å². The van der Waals surface area contributed by atoms with Crippen LogP contribution in [0.25, 0.3) is 22.3 Å². The second-order valence-corrected chi connectivity index (χ2v) is 12.8. The van der Waals surface area contributed by atoms with Gasteiger partial charge in [-0.15, -0.1) is 26.3 Å². The number of alkyl halides is 6. The summed E-state index contributed by atoms with van der Waals surface area (Å²) in [5.41, 5.74) is 0.330. The van der Waals surface area contributed by atoms with Gasteiger partial charge in [-0.2, -0.15) is 0 Å². The van der Waals surface area contributed by atoms with Crippen molar-refractivity contribution in [2.24, 2.45) is 0 Å². The number of esters is 2. The zero-order valence-corrected chi connectivity index (χ0v) is 30.3. The van der Waals surface area contributed by atoms with Gasteiger partial charge in [0.2, 0.25) is 0 Å². The van der Waals surface area contributed by atoms with Crippen LogP contribution in [0.4, 0.5) is 58.1 Å². The number of carbonyl (C=O) groups is 2. The van der Waals surface area contributed by atoms with Crippen LogP contribution in [-0.4, -0.2) is 34.6 Å². The number of carbonyl (C=O) groups excluding carboxylic acids is 2. The van der Waals surface area contributed by atoms with E-state index in [-0.39, 0.29) is 60.9 Å². The molecule has 0 aliphatic heterocycles. The second kappa shape index (κ2) is 16.3. The third-order valence-corrected chi connectivity index (χ3v) is 8.18. The first kappa shape index (κ1) is 40.1. The highest BCUT2D eigenvalue weighted by atomic mass is 79.9. The summed E-state index contributed by atoms with van der Waals surface area (Å²) >= 11 is 3.19. The van der Waals surface area contributed by atoms with Crippen molar-refractivity contribution in [3.63, 3.8) is 0 Å². The molecule has 0 aliphatic rings. The van der Waals surface area contributed by atoms with E-state index in [1.807, 2.05) is 0 Å². The summed E-state index contributed by atoms with van der Waals surface area (Å²) in [6.45, 7) is 1.59. The first-order valence-corrected chi connectivity index (χ1v) is 16.9. The number of aryl methyl sites for hydroxylation is 1. The monoisotopic (exact) mass is 858 g/mol. The Morgan fingerprint density at radius 2 is 1.04 bits per heavy atom. The van der Waals surface area contributed by atoms with Crippen molar-refractivity contribution in [1.82, 2.24) is 9.97 Å². The molecule has 0 bridgehead atoms. The summed E-state index contributed by atoms with van der Waals surface area (Å²) in [5, 5.41) is 5.33. The van der Waals surface area contributed by atoms with Crippen LogP contribution in [0, 0.1) is 18.6 Å². The first-order valence-electron chi connectivity index (χ1n) is 16.1. The van der Waals surface area contributed by atoms with Gasteiger partial charge in [0.1, 0.15) is 45.9 Å². The summed E-state index contributed by atoms with van der Waals surface area (Å²) in [6, 6.07) is 19.8. The summed E-state index contributed by atoms with van der Waals surface area (Å²) in [7, 11) is 0. The molecule has 0 saturated carbocycles. The molecule has 0 saturated heterocycles. The molecule has 6 aromatic rings. The largest absolute Gasteiger partial charge is 0.573 e. The molecule has 4 aromatic carbocycles. The average molecular weight is 860 g/mol. The third kappa shape index (κ3) is 10.4. The predicted octanol–water partition coefficient (Wildman–Crippen LogP) is 11.4. The normalized spacial score (nSPS) is 11.5. The number of hydrogen-bond donors (Lipinski definition) is 2. The smallest absolute Gasteiger partial charge is 0.406 e. The van der Waals surface area contributed by atoms with Gasteiger partial charge in [-0.3, -0.25) is 0 Å². The van der Waals surface area contributed by atoms with Crippen molar-refractivity contribution >= 4 is 50.9 Å². The molecule has 0 fully saturated rings. The summed E-state index contributed by atoms with van der Waals surface area (Å²) in [4.78, 5) is 35.1. The Balaban J connectivity index is 1.19. The molecule has 2 aromatic heterocycles. The van der Waals surface area contributed by atoms with E-state index < -0.39 is 47.8 Å². The van der Waals surface area contributed by atoms with Crippen LogP contribution in [0.2, 0.25) is 0 Å². The second-order valence-electron chi connectivity index (χ2n) is 11.9. The number of hydrogen-bond acceptors (Lipinski definition) is 9. The Morgan fingerprint density at radius 1 is 0.596 bits per heavy atom. The number of nitrogens with zero attached hydrogens (tertiary/aromatic N) is 2. The van der Waals surface area contributed by atoms with Crippen LogP contribution >= 0.6 is 15.9 Å². The number of pyridine rings is 2. The maximum atomic E-state index is 15.3. The number of benzene rings is 4. The fourth-order valence-corrected chi connectivity index (χ4v) is 5.64. The van der Waals surface area contributed by atoms with Crippen molar-refractivity contribution in [3.05, 3.63) is 142 Å². The van der Waals surface area contributed by atoms with E-state index in [0.29, 0.717) is 5.56 Å². The molecule has 2 N–H and O–H groups in total. The Hall–Kier alpha value is -6.56. The van der Waals surface area contributed by atoms with E-state index in [1.54, 1.807) is 6.92 Å². The lowest BCUT2D eigenvalue weighted by molar-refractivity contribution is -0.275. The SMILES string of the molecule is Cc1cnc(Nc2ccc(-c3cccc(OC(F)(F)F)c3)cc2F)c(C(=O)OC(=O)c2cc(Br)cnc2Nc2ccc(-c3cccc(OC(F)(F)F)c3)cc2F)c1. The Bertz CT molecular complexity index is 2330. The fraction of sp³-hybridized carbons (Fsp3) is 0.0769. The van der Waals surface area contributed by atoms with Gasteiger partial charge in [0.25, 0.3) is 0 Å². The van der Waals surface area contributed by atoms with Gasteiger partial charge in [0, 0.05) is 16.9 Å². The zero-order valence-electron chi connectivity index (χ0n) is 28.7. The van der Waals surface area contributed by atoms with E-state index >= 15 is 8.78 Å². The summed E-state index contributed by atoms with van der Waals surface area (Å²) < 4.78 is 120. The number of nitrogens with one attached hydrogen (secondary N) is 2. The summed E-state index contributed by atoms with van der Waals surface area (Å²) in [6.07, 6.45) is -7.22. The molecule has 57 heavy (non-hydrogen) atoms. The highest BCUT2D eigenvalue weighted by Gasteiger charge is 2.32. The van der Waals surface area contributed by atoms with Gasteiger partial charge in [0.15, 0.2) is 0 Å². The number of anilines is 4. The maximum absolute atomic E-state index is 15.3. The quantitative estimate of drug-likeness (QED) is 0.0790. The lowest BCUT2D eigenvalue weighted by atomic mass is 10.0. The highest BCUT2D eigenvalue weighted by Crippen LogP contribution is 2.34. The van der Waals surface area contributed by atoms with Gasteiger partial charge >= 0.3 is 24.7 Å². The highest BCUT2D eigenvalue weighted by molar-refractivity contribution is 9.10. The minimum atomic E-state index is -4.93. The molecular formula is C39H23BrF8N4O5. The molecule has 0 amide bonds. The van der Waals surface area contributed by atoms with Crippen molar-refractivity contribution in [2.45, 2.75) is 19.6 Å². The van der Waals surface area contributed by atoms with Crippen molar-refractivity contribution in [3.8, 4) is 33.8 Å². The molecule has 9 nitrogen and oxygen atoms in total. The Morgan fingerprint density at radius 3 is 1.49 bits per heavy atom. The predicted molar refractivity (Wildman–Crippen MR) is 194 cm³/mol. The van der Waals surface area contributed by atoms with Crippen LogP contribution in [-0.2, 0) is 4.74 Å². The molecule has 0 unspecified atom stereocenters. The average Bonchev–Trinajstić information content (AvgIpc) is 3.13. The lowest BCUT2D eigenvalue weighted by Gasteiger charge is -2.14. The van der Waals surface area contributed by atoms with E-state index in [1.165, 1.54) is 73.1 Å². The number of halogens is 9. The van der Waals surface area contributed by atoms with E-state index in [2.05, 4.69) is 46.0 Å². The van der Waals surface area contributed by atoms with Gasteiger partial charge in [0.05, 0.1) is 11.4 Å². The molecule has 0 aliphatic carbocycles. The van der Waals surface area contributed by atoms with Crippen LogP contribution < -0.4 is 20.1 Å². The molecule has 18 heteroatoms. The topological polar surface area (TPSA) is 112 Å². The van der Waals surface area contributed by atoms with E-state index in [0.717, 1.165) is 36.4 Å². The van der Waals surface area contributed by atoms with Crippen LogP contribution in [0.15, 0.2) is 114 Å². The lowest BCUT2D eigenvalue weighted by Crippen LogP contribution is -2.17. The standard InChI is InChI=1S/C39H23BrF8N4O5/c1-20-12-28(34(49-18-20)51-32-10-8-23(15-30(32)41)21-4-2-6-26(13-21)56-38(43,44)45)36(53)55-37(54)29-17-25(40)19-50-35(29)52-33-11-9-24(16-31(33)42)22-5-3-7-27(14-22)57-39(46,47)48/h2-19H,1H3,(H,49,51)(H,50,52). The Kier molecular flexibility index (Phi) is 11.4. The molecule has 0 radical (unpaired) electrons. The third-order valence-electron chi connectivity index (χ3n) is 7.75. The minimum absolute atomic E-state index is 0.184. The fourth-order valence-electron chi connectivity index (χ4n) is 5.31. The van der Waals surface area contributed by atoms with Crippen LogP contribution in [0.1, 0.15) is 26.3 Å². The molecular weight excluding hydrogens is 836 g/mol. The molecule has 0 spiro atoms. The molecule has 6 rings (SSSR count). The van der Waals surface area contributed by atoms with Crippen molar-refractivity contribution in [1.29, 1.82) is 0 Å². The molecule has 292 valence electrons. The number of ether oxygens (including phenoxy) is 3. The van der Waals surface area contributed by atoms with Crippen molar-refractivity contribution in [2.75, 3.05) is 10.6 Å². The van der Waals surface area contributed by atoms with Gasteiger partial charge in [-0.1, -0.05) is 36.4 Å². The van der Waals surface area contributed by atoms with Gasteiger partial charge < -0.3 is 24.8 Å². The van der Waals surface area contributed by atoms with Gasteiger partial charge in [-0.05, 0) is 111 Å². The zero-order chi connectivity index (χ0) is 41.1. The number of rotatable bonds is 10. The van der Waals surface area contributed by atoms with Crippen LogP contribution in [0.5, 0.6) is 11.5 Å². The van der Waals surface area contributed by atoms with Crippen molar-refractivity contribution < 1.29 is 58.9 Å². The first-order chi connectivity index (χ1) is 26.9. The maximum Gasteiger partial charge on any atom is 0.573 e. The molecule has 2 heterocycles. The summed E-state index contributed by atoms with van der Waals surface area (Å²) in [5.74, 6) is -5.64. The van der Waals surface area contributed by atoms with Gasteiger partial charge in [-0.25, -0.2) is 28.3 Å². The molecule has 0 atom stereocenters. The van der Waals surface area contributed by atoms with Crippen LogP contribution in [0.3, 0.4) is 0 Å².